The van der Waals surface area contributed by atoms with Gasteiger partial charge in [-0.05, 0) is 6.07 Å². The Hall–Kier alpha value is -2.14. The third kappa shape index (κ3) is 3.42. The molecule has 0 aliphatic carbocycles. The van der Waals surface area contributed by atoms with Crippen molar-refractivity contribution < 1.29 is 31.7 Å². The van der Waals surface area contributed by atoms with Crippen molar-refractivity contribution in [3.8, 4) is 5.75 Å². The number of sulfonamides is 1. The predicted octanol–water partition coefficient (Wildman–Crippen LogP) is 0.656. The average molecular weight is 296 g/mol. The highest BCUT2D eigenvalue weighted by Crippen LogP contribution is 2.31. The Kier molecular flexibility index (Phi) is 4.11. The molecule has 104 valence electrons. The molecule has 0 aromatic heterocycles. The van der Waals surface area contributed by atoms with Crippen LogP contribution in [0.3, 0.4) is 0 Å². The average Bonchev–Trinajstić information content (AvgIpc) is 2.25. The van der Waals surface area contributed by atoms with E-state index in [-0.39, 0.29) is 6.29 Å². The molecule has 0 unspecified atom stereocenters. The van der Waals surface area contributed by atoms with Gasteiger partial charge in [-0.3, -0.25) is 14.9 Å². The number of hydrogen-bond acceptors (Lipinski definition) is 6. The van der Waals surface area contributed by atoms with Crippen molar-refractivity contribution in [1.82, 2.24) is 0 Å². The lowest BCUT2D eigenvalue weighted by Gasteiger charge is -2.08. The molecular weight excluding hydrogens is 290 g/mol. The summed E-state index contributed by atoms with van der Waals surface area (Å²) < 4.78 is 50.3. The van der Waals surface area contributed by atoms with Gasteiger partial charge in [-0.1, -0.05) is 0 Å². The number of carbonyl (C=O) groups is 1. The van der Waals surface area contributed by atoms with Crippen LogP contribution in [0.2, 0.25) is 0 Å². The van der Waals surface area contributed by atoms with E-state index in [0.29, 0.717) is 12.1 Å². The molecule has 8 nitrogen and oxygen atoms in total. The van der Waals surface area contributed by atoms with Crippen LogP contribution in [0, 0.1) is 10.1 Å². The van der Waals surface area contributed by atoms with E-state index in [1.54, 1.807) is 0 Å². The second-order valence-electron chi connectivity index (χ2n) is 3.16. The van der Waals surface area contributed by atoms with Crippen molar-refractivity contribution >= 4 is 22.0 Å². The number of hydrogen-bond donors (Lipinski definition) is 1. The summed E-state index contributed by atoms with van der Waals surface area (Å²) >= 11 is 0. The van der Waals surface area contributed by atoms with Crippen LogP contribution in [0.5, 0.6) is 5.75 Å². The highest BCUT2D eigenvalue weighted by molar-refractivity contribution is 7.89. The van der Waals surface area contributed by atoms with E-state index in [1.807, 2.05) is 0 Å². The van der Waals surface area contributed by atoms with Crippen LogP contribution >= 0.6 is 0 Å². The molecule has 1 aromatic rings. The first-order chi connectivity index (χ1) is 8.66. The number of nitro groups is 1. The number of benzene rings is 1. The Labute approximate surface area is 105 Å². The first-order valence-electron chi connectivity index (χ1n) is 4.42. The van der Waals surface area contributed by atoms with Crippen LogP contribution in [-0.4, -0.2) is 26.2 Å². The molecule has 0 radical (unpaired) electrons. The topological polar surface area (TPSA) is 130 Å². The molecule has 0 saturated carbocycles. The van der Waals surface area contributed by atoms with Gasteiger partial charge in [-0.15, -0.1) is 0 Å². The minimum Gasteiger partial charge on any atom is -0.435 e. The Balaban J connectivity index is 3.64. The van der Waals surface area contributed by atoms with Gasteiger partial charge in [0, 0.05) is 5.56 Å². The number of ether oxygens (including phenoxy) is 1. The number of nitrogens with zero attached hydrogens (tertiary/aromatic N) is 1. The smallest absolute Gasteiger partial charge is 0.387 e. The minimum atomic E-state index is -4.58. The second kappa shape index (κ2) is 5.24. The molecule has 0 heterocycles. The predicted molar refractivity (Wildman–Crippen MR) is 56.5 cm³/mol. The molecule has 1 rings (SSSR count). The van der Waals surface area contributed by atoms with Crippen LogP contribution in [0.4, 0.5) is 14.5 Å². The number of nitro benzene ring substituents is 1. The van der Waals surface area contributed by atoms with E-state index in [0.717, 1.165) is 0 Å². The maximum atomic E-state index is 12.0. The first-order valence-corrected chi connectivity index (χ1v) is 5.96. The van der Waals surface area contributed by atoms with E-state index in [4.69, 9.17) is 5.14 Å². The van der Waals surface area contributed by atoms with Gasteiger partial charge in [0.25, 0.3) is 5.69 Å². The maximum Gasteiger partial charge on any atom is 0.387 e. The standard InChI is InChI=1S/C8H6F2N2O6S/c9-8(10)18-5-1-4(3-13)7(19(11,16)17)6(2-5)12(14)15/h1-3,8H,(H2,11,16,17). The number of rotatable bonds is 5. The van der Waals surface area contributed by atoms with E-state index in [9.17, 15) is 32.1 Å². The molecule has 0 amide bonds. The summed E-state index contributed by atoms with van der Waals surface area (Å²) in [6, 6.07) is 1.06. The Morgan fingerprint density at radius 3 is 2.37 bits per heavy atom. The van der Waals surface area contributed by atoms with E-state index >= 15 is 0 Å². The Morgan fingerprint density at radius 1 is 1.42 bits per heavy atom. The Bertz CT molecular complexity index is 630. The molecule has 19 heavy (non-hydrogen) atoms. The minimum absolute atomic E-state index is 0.0644. The van der Waals surface area contributed by atoms with Gasteiger partial charge in [0.05, 0.1) is 11.0 Å². The fourth-order valence-electron chi connectivity index (χ4n) is 1.31. The van der Waals surface area contributed by atoms with Gasteiger partial charge in [0.15, 0.2) is 11.2 Å². The van der Waals surface area contributed by atoms with Crippen LogP contribution in [0.25, 0.3) is 0 Å². The zero-order valence-electron chi connectivity index (χ0n) is 8.95. The molecule has 0 aliphatic rings. The van der Waals surface area contributed by atoms with Gasteiger partial charge >= 0.3 is 6.61 Å². The van der Waals surface area contributed by atoms with Crippen molar-refractivity contribution in [2.45, 2.75) is 11.5 Å². The summed E-state index contributed by atoms with van der Waals surface area (Å²) in [5.41, 5.74) is -1.87. The highest BCUT2D eigenvalue weighted by atomic mass is 32.2. The third-order valence-electron chi connectivity index (χ3n) is 1.90. The molecule has 0 aliphatic heterocycles. The quantitative estimate of drug-likeness (QED) is 0.482. The van der Waals surface area contributed by atoms with Crippen molar-refractivity contribution in [3.05, 3.63) is 27.8 Å². The molecule has 0 atom stereocenters. The molecule has 1 aromatic carbocycles. The van der Waals surface area contributed by atoms with E-state index in [1.165, 1.54) is 0 Å². The van der Waals surface area contributed by atoms with E-state index in [2.05, 4.69) is 4.74 Å². The van der Waals surface area contributed by atoms with Gasteiger partial charge in [-0.25, -0.2) is 13.6 Å². The maximum absolute atomic E-state index is 12.0. The summed E-state index contributed by atoms with van der Waals surface area (Å²) in [6.07, 6.45) is -0.0644. The molecule has 0 bridgehead atoms. The lowest BCUT2D eigenvalue weighted by atomic mass is 10.2. The lowest BCUT2D eigenvalue weighted by molar-refractivity contribution is -0.388. The number of alkyl halides is 2. The van der Waals surface area contributed by atoms with Crippen LogP contribution in [0.15, 0.2) is 17.0 Å². The van der Waals surface area contributed by atoms with Crippen molar-refractivity contribution in [2.75, 3.05) is 0 Å². The second-order valence-corrected chi connectivity index (χ2v) is 4.66. The number of nitrogens with two attached hydrogens (primary N) is 1. The number of carbonyl (C=O) groups excluding carboxylic acids is 1. The number of halogens is 2. The number of primary sulfonamides is 1. The molecule has 2 N–H and O–H groups in total. The van der Waals surface area contributed by atoms with Crippen molar-refractivity contribution in [3.63, 3.8) is 0 Å². The SMILES string of the molecule is NS(=O)(=O)c1c(C=O)cc(OC(F)F)cc1[N+](=O)[O-]. The normalized spacial score (nSPS) is 11.4. The first kappa shape index (κ1) is 14.9. The summed E-state index contributed by atoms with van der Waals surface area (Å²) in [5.74, 6) is -0.726. The Morgan fingerprint density at radius 2 is 2.00 bits per heavy atom. The van der Waals surface area contributed by atoms with Gasteiger partial charge in [0.1, 0.15) is 5.75 Å². The van der Waals surface area contributed by atoms with Gasteiger partial charge in [-0.2, -0.15) is 8.78 Å². The van der Waals surface area contributed by atoms with Crippen LogP contribution in [-0.2, 0) is 10.0 Å². The van der Waals surface area contributed by atoms with Gasteiger partial charge in [0.2, 0.25) is 10.0 Å². The molecule has 0 spiro atoms. The highest BCUT2D eigenvalue weighted by Gasteiger charge is 2.28. The fourth-order valence-corrected chi connectivity index (χ4v) is 2.17. The molecular formula is C8H6F2N2O6S. The molecule has 0 fully saturated rings. The largest absolute Gasteiger partial charge is 0.435 e. The molecule has 11 heteroatoms. The third-order valence-corrected chi connectivity index (χ3v) is 2.92. The monoisotopic (exact) mass is 296 g/mol. The molecule has 0 saturated heterocycles. The van der Waals surface area contributed by atoms with Crippen LogP contribution < -0.4 is 9.88 Å². The summed E-state index contributed by atoms with van der Waals surface area (Å²) in [7, 11) is -4.58. The van der Waals surface area contributed by atoms with Crippen molar-refractivity contribution in [2.24, 2.45) is 5.14 Å². The van der Waals surface area contributed by atoms with Gasteiger partial charge < -0.3 is 4.74 Å². The fraction of sp³-hybridized carbons (Fsp3) is 0.125. The summed E-state index contributed by atoms with van der Waals surface area (Å²) in [5, 5.41) is 15.4. The zero-order chi connectivity index (χ0) is 14.8. The van der Waals surface area contributed by atoms with E-state index < -0.39 is 43.5 Å². The number of aldehydes is 1. The zero-order valence-corrected chi connectivity index (χ0v) is 9.76. The van der Waals surface area contributed by atoms with Crippen molar-refractivity contribution in [1.29, 1.82) is 0 Å². The summed E-state index contributed by atoms with van der Waals surface area (Å²) in [4.78, 5) is 19.2. The lowest BCUT2D eigenvalue weighted by Crippen LogP contribution is -2.17. The van der Waals surface area contributed by atoms with Crippen LogP contribution in [0.1, 0.15) is 10.4 Å². The summed E-state index contributed by atoms with van der Waals surface area (Å²) in [6.45, 7) is -3.29.